The minimum Gasteiger partial charge on any atom is -0.481 e. The average Bonchev–Trinajstić information content (AvgIpc) is 3.33. The standard InChI is InChI=1S/C22H29NO5S/c1-3-14-18(29-11-10-13-8-6-5-7-9-13)16-17(19(25)26)21(16,4-2)22(14,20(27)28)15(24)12-23/h5-9,14,16-18H,3-4,10-12,23H2,1-2H3,(H,25,26)(H,27,28). The molecule has 0 saturated heterocycles. The van der Waals surface area contributed by atoms with Crippen molar-refractivity contribution in [2.45, 2.75) is 38.4 Å². The van der Waals surface area contributed by atoms with Crippen molar-refractivity contribution in [2.24, 2.45) is 34.3 Å². The van der Waals surface area contributed by atoms with Crippen LogP contribution in [0.15, 0.2) is 30.3 Å². The lowest BCUT2D eigenvalue weighted by Crippen LogP contribution is -2.55. The van der Waals surface area contributed by atoms with Crippen LogP contribution in [0.3, 0.4) is 0 Å². The maximum Gasteiger partial charge on any atom is 0.318 e. The molecule has 2 aliphatic rings. The summed E-state index contributed by atoms with van der Waals surface area (Å²) in [5.74, 6) is -3.54. The molecule has 0 heterocycles. The second-order valence-corrected chi connectivity index (χ2v) is 9.35. The number of aryl methyl sites for hydroxylation is 1. The van der Waals surface area contributed by atoms with Crippen LogP contribution in [0.4, 0.5) is 0 Å². The van der Waals surface area contributed by atoms with E-state index < -0.39 is 40.4 Å². The van der Waals surface area contributed by atoms with Crippen molar-refractivity contribution in [1.29, 1.82) is 0 Å². The molecule has 0 spiro atoms. The van der Waals surface area contributed by atoms with Crippen LogP contribution in [0, 0.1) is 28.6 Å². The highest BCUT2D eigenvalue weighted by molar-refractivity contribution is 7.99. The van der Waals surface area contributed by atoms with Crippen LogP contribution in [0.1, 0.15) is 32.3 Å². The Morgan fingerprint density at radius 3 is 2.28 bits per heavy atom. The molecule has 4 N–H and O–H groups in total. The summed E-state index contributed by atoms with van der Waals surface area (Å²) in [6.07, 6.45) is 1.66. The topological polar surface area (TPSA) is 118 Å². The van der Waals surface area contributed by atoms with Crippen LogP contribution < -0.4 is 5.73 Å². The van der Waals surface area contributed by atoms with Gasteiger partial charge in [0.25, 0.3) is 0 Å². The Bertz CT molecular complexity index is 800. The Morgan fingerprint density at radius 2 is 1.79 bits per heavy atom. The van der Waals surface area contributed by atoms with Gasteiger partial charge in [-0.1, -0.05) is 50.6 Å². The average molecular weight is 420 g/mol. The number of carboxylic acid groups (broad SMARTS) is 2. The van der Waals surface area contributed by atoms with Crippen molar-refractivity contribution in [3.8, 4) is 0 Å². The quantitative estimate of drug-likeness (QED) is 0.499. The zero-order valence-electron chi connectivity index (χ0n) is 16.8. The first-order valence-electron chi connectivity index (χ1n) is 10.2. The number of carbonyl (C=O) groups excluding carboxylic acids is 1. The van der Waals surface area contributed by atoms with Gasteiger partial charge < -0.3 is 15.9 Å². The number of carboxylic acids is 2. The lowest BCUT2D eigenvalue weighted by atomic mass is 9.61. The van der Waals surface area contributed by atoms with Crippen LogP contribution in [0.2, 0.25) is 0 Å². The van der Waals surface area contributed by atoms with E-state index in [1.807, 2.05) is 37.3 Å². The molecule has 6 unspecified atom stereocenters. The Balaban J connectivity index is 1.98. The van der Waals surface area contributed by atoms with Gasteiger partial charge in [0.05, 0.1) is 12.5 Å². The van der Waals surface area contributed by atoms with E-state index in [2.05, 4.69) is 0 Å². The van der Waals surface area contributed by atoms with Gasteiger partial charge in [-0.3, -0.25) is 14.4 Å². The lowest BCUT2D eigenvalue weighted by molar-refractivity contribution is -0.165. The van der Waals surface area contributed by atoms with Crippen LogP contribution in [0.25, 0.3) is 0 Å². The second kappa shape index (κ2) is 8.11. The summed E-state index contributed by atoms with van der Waals surface area (Å²) in [4.78, 5) is 37.7. The van der Waals surface area contributed by atoms with Crippen LogP contribution in [-0.2, 0) is 20.8 Å². The largest absolute Gasteiger partial charge is 0.481 e. The van der Waals surface area contributed by atoms with E-state index in [9.17, 15) is 24.6 Å². The normalized spacial score (nSPS) is 35.1. The molecule has 1 aromatic rings. The highest BCUT2D eigenvalue weighted by Gasteiger charge is 2.88. The molecule has 7 heteroatoms. The number of hydrogen-bond acceptors (Lipinski definition) is 5. The number of hydrogen-bond donors (Lipinski definition) is 3. The van der Waals surface area contributed by atoms with E-state index >= 15 is 0 Å². The monoisotopic (exact) mass is 419 g/mol. The number of benzene rings is 1. The number of nitrogens with two attached hydrogens (primary N) is 1. The Labute approximate surface area is 175 Å². The van der Waals surface area contributed by atoms with E-state index in [1.165, 1.54) is 5.56 Å². The van der Waals surface area contributed by atoms with Crippen molar-refractivity contribution in [2.75, 3.05) is 12.3 Å². The first kappa shape index (κ1) is 21.8. The van der Waals surface area contributed by atoms with Crippen molar-refractivity contribution in [3.63, 3.8) is 0 Å². The third-order valence-electron chi connectivity index (χ3n) is 7.24. The molecule has 0 amide bonds. The summed E-state index contributed by atoms with van der Waals surface area (Å²) in [7, 11) is 0. The summed E-state index contributed by atoms with van der Waals surface area (Å²) in [5.41, 5.74) is 4.08. The highest BCUT2D eigenvalue weighted by atomic mass is 32.2. The van der Waals surface area contributed by atoms with E-state index in [0.29, 0.717) is 12.8 Å². The number of Topliss-reactive ketones (excluding diaryl/α,β-unsaturated/α-hetero) is 1. The predicted octanol–water partition coefficient (Wildman–Crippen LogP) is 2.70. The predicted molar refractivity (Wildman–Crippen MR) is 112 cm³/mol. The SMILES string of the molecule is CCC1C(SCCc2ccccc2)C2C(C(=O)O)C2(CC)C1(C(=O)O)C(=O)CN. The van der Waals surface area contributed by atoms with Gasteiger partial charge in [-0.05, 0) is 36.0 Å². The molecule has 3 rings (SSSR count). The molecule has 29 heavy (non-hydrogen) atoms. The van der Waals surface area contributed by atoms with Gasteiger partial charge in [-0.2, -0.15) is 11.8 Å². The highest BCUT2D eigenvalue weighted by Crippen LogP contribution is 2.81. The number of thioether (sulfide) groups is 1. The van der Waals surface area contributed by atoms with Crippen molar-refractivity contribution in [1.82, 2.24) is 0 Å². The smallest absolute Gasteiger partial charge is 0.318 e. The molecule has 158 valence electrons. The minimum atomic E-state index is -1.72. The van der Waals surface area contributed by atoms with E-state index in [-0.39, 0.29) is 17.7 Å². The van der Waals surface area contributed by atoms with Gasteiger partial charge in [0.2, 0.25) is 0 Å². The molecular weight excluding hydrogens is 390 g/mol. The molecule has 2 saturated carbocycles. The van der Waals surface area contributed by atoms with Crippen LogP contribution in [0.5, 0.6) is 0 Å². The summed E-state index contributed by atoms with van der Waals surface area (Å²) < 4.78 is 0. The number of fused-ring (bicyclic) bond motifs is 1. The fraction of sp³-hybridized carbons (Fsp3) is 0.591. The summed E-state index contributed by atoms with van der Waals surface area (Å²) in [6, 6.07) is 9.99. The lowest BCUT2D eigenvalue weighted by Gasteiger charge is -2.40. The molecule has 6 nitrogen and oxygen atoms in total. The van der Waals surface area contributed by atoms with Crippen molar-refractivity contribution in [3.05, 3.63) is 35.9 Å². The number of carbonyl (C=O) groups is 3. The molecular formula is C22H29NO5S. The molecule has 2 fully saturated rings. The van der Waals surface area contributed by atoms with Crippen molar-refractivity contribution >= 4 is 29.5 Å². The molecule has 1 aromatic carbocycles. The Morgan fingerprint density at radius 1 is 1.14 bits per heavy atom. The summed E-state index contributed by atoms with van der Waals surface area (Å²) in [6.45, 7) is 3.31. The van der Waals surface area contributed by atoms with Gasteiger partial charge in [0, 0.05) is 10.7 Å². The maximum atomic E-state index is 13.0. The summed E-state index contributed by atoms with van der Waals surface area (Å²) in [5, 5.41) is 20.0. The first-order valence-corrected chi connectivity index (χ1v) is 11.2. The van der Waals surface area contributed by atoms with Gasteiger partial charge in [0.15, 0.2) is 5.78 Å². The zero-order chi connectivity index (χ0) is 21.4. The van der Waals surface area contributed by atoms with Gasteiger partial charge in [0.1, 0.15) is 5.41 Å². The van der Waals surface area contributed by atoms with E-state index in [1.54, 1.807) is 18.7 Å². The van der Waals surface area contributed by atoms with Gasteiger partial charge in [-0.15, -0.1) is 0 Å². The molecule has 2 aliphatic carbocycles. The van der Waals surface area contributed by atoms with Crippen LogP contribution >= 0.6 is 11.8 Å². The Kier molecular flexibility index (Phi) is 6.11. The number of ketones is 1. The molecule has 6 atom stereocenters. The second-order valence-electron chi connectivity index (χ2n) is 8.06. The fourth-order valence-corrected chi connectivity index (χ4v) is 8.09. The van der Waals surface area contributed by atoms with E-state index in [4.69, 9.17) is 5.73 Å². The van der Waals surface area contributed by atoms with Crippen LogP contribution in [-0.4, -0.2) is 45.5 Å². The van der Waals surface area contributed by atoms with Crippen molar-refractivity contribution < 1.29 is 24.6 Å². The molecule has 0 aliphatic heterocycles. The van der Waals surface area contributed by atoms with Gasteiger partial charge in [-0.25, -0.2) is 0 Å². The Hall–Kier alpha value is -1.86. The summed E-state index contributed by atoms with van der Waals surface area (Å²) >= 11 is 1.62. The fourth-order valence-electron chi connectivity index (χ4n) is 6.23. The third kappa shape index (κ3) is 2.93. The minimum absolute atomic E-state index is 0.184. The number of rotatable bonds is 10. The molecule has 0 bridgehead atoms. The first-order chi connectivity index (χ1) is 13.8. The molecule has 0 radical (unpaired) electrons. The van der Waals surface area contributed by atoms with Gasteiger partial charge >= 0.3 is 11.9 Å². The third-order valence-corrected chi connectivity index (χ3v) is 8.68. The zero-order valence-corrected chi connectivity index (χ0v) is 17.7. The number of aliphatic carboxylic acids is 2. The molecule has 0 aromatic heterocycles. The van der Waals surface area contributed by atoms with E-state index in [0.717, 1.165) is 12.2 Å². The maximum absolute atomic E-state index is 13.0.